The third-order valence-electron chi connectivity index (χ3n) is 6.37. The van der Waals surface area contributed by atoms with Crippen LogP contribution in [0.5, 0.6) is 0 Å². The Balaban J connectivity index is 1.34. The molecule has 3 atom stereocenters. The van der Waals surface area contributed by atoms with Crippen LogP contribution in [0.3, 0.4) is 0 Å². The molecule has 2 heterocycles. The summed E-state index contributed by atoms with van der Waals surface area (Å²) in [7, 11) is 0. The molecule has 0 aromatic heterocycles. The number of carbonyl (C=O) groups is 3. The van der Waals surface area contributed by atoms with Crippen LogP contribution in [0, 0.1) is 5.92 Å². The normalized spacial score (nSPS) is 29.3. The molecule has 1 saturated carbocycles. The number of hydrogen-bond donors (Lipinski definition) is 3. The van der Waals surface area contributed by atoms with Gasteiger partial charge in [0.25, 0.3) is 5.91 Å². The number of benzene rings is 1. The van der Waals surface area contributed by atoms with E-state index in [1.54, 1.807) is 11.0 Å². The van der Waals surface area contributed by atoms with Crippen molar-refractivity contribution in [3.63, 3.8) is 0 Å². The molecule has 4 N–H and O–H groups in total. The highest BCUT2D eigenvalue weighted by Gasteiger charge is 2.39. The second-order valence-corrected chi connectivity index (χ2v) is 8.49. The fourth-order valence-corrected chi connectivity index (χ4v) is 4.70. The van der Waals surface area contributed by atoms with Crippen LogP contribution >= 0.6 is 0 Å². The molecule has 3 aliphatic rings. The van der Waals surface area contributed by atoms with E-state index in [9.17, 15) is 18.8 Å². The molecule has 8 heteroatoms. The molecule has 0 radical (unpaired) electrons. The summed E-state index contributed by atoms with van der Waals surface area (Å²) < 4.78 is 14.2. The molecular formula is C21H27FN4O3. The minimum absolute atomic E-state index is 0.0893. The number of amides is 3. The molecule has 4 rings (SSSR count). The molecule has 0 spiro atoms. The standard InChI is InChI=1S/C21H27FN4O3/c22-21(12-23)6-5-14(8-21)10-24-9-13-1-2-16-15(7-13)11-26(20(16)29)17-3-4-18(27)25-19(17)28/h1-2,7,14,17,24H,3-6,8-12,23H2,(H,25,27,28)/t14-,17?,21+/m0/s1. The summed E-state index contributed by atoms with van der Waals surface area (Å²) in [6, 6.07) is 5.10. The monoisotopic (exact) mass is 402 g/mol. The van der Waals surface area contributed by atoms with E-state index in [0.29, 0.717) is 43.8 Å². The van der Waals surface area contributed by atoms with Crippen molar-refractivity contribution in [2.75, 3.05) is 13.1 Å². The molecule has 1 unspecified atom stereocenters. The molecule has 1 saturated heterocycles. The third-order valence-corrected chi connectivity index (χ3v) is 6.37. The Labute approximate surface area is 169 Å². The van der Waals surface area contributed by atoms with E-state index in [4.69, 9.17) is 5.73 Å². The van der Waals surface area contributed by atoms with Gasteiger partial charge in [-0.1, -0.05) is 12.1 Å². The van der Waals surface area contributed by atoms with Crippen LogP contribution in [0.15, 0.2) is 18.2 Å². The van der Waals surface area contributed by atoms with Crippen molar-refractivity contribution < 1.29 is 18.8 Å². The van der Waals surface area contributed by atoms with E-state index in [-0.39, 0.29) is 24.8 Å². The molecule has 7 nitrogen and oxygen atoms in total. The number of halogens is 1. The van der Waals surface area contributed by atoms with E-state index in [1.807, 2.05) is 12.1 Å². The van der Waals surface area contributed by atoms with Crippen LogP contribution in [-0.4, -0.2) is 47.4 Å². The smallest absolute Gasteiger partial charge is 0.255 e. The van der Waals surface area contributed by atoms with Crippen molar-refractivity contribution in [3.8, 4) is 0 Å². The molecule has 2 fully saturated rings. The summed E-state index contributed by atoms with van der Waals surface area (Å²) in [5, 5.41) is 5.70. The maximum absolute atomic E-state index is 14.2. The molecule has 0 bridgehead atoms. The first kappa shape index (κ1) is 20.0. The Bertz CT molecular complexity index is 845. The molecule has 29 heavy (non-hydrogen) atoms. The zero-order valence-electron chi connectivity index (χ0n) is 16.4. The Morgan fingerprint density at radius 1 is 1.28 bits per heavy atom. The van der Waals surface area contributed by atoms with Crippen LogP contribution in [0.1, 0.15) is 53.6 Å². The summed E-state index contributed by atoms with van der Waals surface area (Å²) in [4.78, 5) is 37.7. The molecule has 3 amide bonds. The fourth-order valence-electron chi connectivity index (χ4n) is 4.70. The number of fused-ring (bicyclic) bond motifs is 1. The number of alkyl halides is 1. The number of nitrogens with two attached hydrogens (primary N) is 1. The zero-order valence-corrected chi connectivity index (χ0v) is 16.4. The van der Waals surface area contributed by atoms with E-state index in [1.165, 1.54) is 0 Å². The van der Waals surface area contributed by atoms with Crippen molar-refractivity contribution >= 4 is 17.7 Å². The van der Waals surface area contributed by atoms with Gasteiger partial charge in [-0.3, -0.25) is 19.7 Å². The summed E-state index contributed by atoms with van der Waals surface area (Å²) in [6.45, 7) is 1.84. The minimum atomic E-state index is -1.21. The van der Waals surface area contributed by atoms with E-state index in [0.717, 1.165) is 24.1 Å². The van der Waals surface area contributed by atoms with Gasteiger partial charge in [0.05, 0.1) is 0 Å². The highest BCUT2D eigenvalue weighted by molar-refractivity contribution is 6.05. The molecule has 2 aliphatic heterocycles. The van der Waals surface area contributed by atoms with Gasteiger partial charge in [0.15, 0.2) is 0 Å². The van der Waals surface area contributed by atoms with Gasteiger partial charge >= 0.3 is 0 Å². The lowest BCUT2D eigenvalue weighted by Gasteiger charge is -2.29. The van der Waals surface area contributed by atoms with Crippen molar-refractivity contribution in [2.45, 2.75) is 56.9 Å². The Morgan fingerprint density at radius 3 is 2.83 bits per heavy atom. The predicted octanol–water partition coefficient (Wildman–Crippen LogP) is 1.00. The molecule has 1 aliphatic carbocycles. The fraction of sp³-hybridized carbons (Fsp3) is 0.571. The lowest BCUT2D eigenvalue weighted by Crippen LogP contribution is -2.52. The number of nitrogens with zero attached hydrogens (tertiary/aromatic N) is 1. The highest BCUT2D eigenvalue weighted by Crippen LogP contribution is 2.36. The maximum Gasteiger partial charge on any atom is 0.255 e. The Hall–Kier alpha value is -2.32. The number of rotatable bonds is 6. The van der Waals surface area contributed by atoms with E-state index < -0.39 is 17.6 Å². The van der Waals surface area contributed by atoms with Crippen molar-refractivity contribution in [1.29, 1.82) is 0 Å². The first-order chi connectivity index (χ1) is 13.9. The van der Waals surface area contributed by atoms with Gasteiger partial charge < -0.3 is 16.0 Å². The lowest BCUT2D eigenvalue weighted by molar-refractivity contribution is -0.136. The van der Waals surface area contributed by atoms with Gasteiger partial charge in [-0.2, -0.15) is 0 Å². The topological polar surface area (TPSA) is 105 Å². The van der Waals surface area contributed by atoms with Crippen LogP contribution < -0.4 is 16.4 Å². The summed E-state index contributed by atoms with van der Waals surface area (Å²) >= 11 is 0. The second kappa shape index (κ2) is 7.84. The van der Waals surface area contributed by atoms with Gasteiger partial charge in [0.1, 0.15) is 11.7 Å². The molecule has 1 aromatic rings. The largest absolute Gasteiger partial charge is 0.328 e. The Kier molecular flexibility index (Phi) is 5.40. The number of piperidine rings is 1. The average Bonchev–Trinajstić information content (AvgIpc) is 3.23. The average molecular weight is 402 g/mol. The number of nitrogens with one attached hydrogen (secondary N) is 2. The van der Waals surface area contributed by atoms with Gasteiger partial charge in [-0.05, 0) is 55.3 Å². The minimum Gasteiger partial charge on any atom is -0.328 e. The predicted molar refractivity (Wildman–Crippen MR) is 104 cm³/mol. The van der Waals surface area contributed by atoms with Crippen LogP contribution in [0.25, 0.3) is 0 Å². The maximum atomic E-state index is 14.2. The van der Waals surface area contributed by atoms with Crippen LogP contribution in [0.4, 0.5) is 4.39 Å². The SMILES string of the molecule is NC[C@@]1(F)CC[C@H](CNCc2ccc3c(c2)CN(C2CCC(=O)NC2=O)C3=O)C1. The summed E-state index contributed by atoms with van der Waals surface area (Å²) in [6.07, 6.45) is 2.50. The van der Waals surface area contributed by atoms with Crippen molar-refractivity contribution in [2.24, 2.45) is 11.7 Å². The van der Waals surface area contributed by atoms with Gasteiger partial charge in [0.2, 0.25) is 11.8 Å². The zero-order chi connectivity index (χ0) is 20.6. The summed E-state index contributed by atoms with van der Waals surface area (Å²) in [5.41, 5.74) is 6.87. The summed E-state index contributed by atoms with van der Waals surface area (Å²) in [5.74, 6) is -0.562. The molecular weight excluding hydrogens is 375 g/mol. The lowest BCUT2D eigenvalue weighted by atomic mass is 10.0. The first-order valence-corrected chi connectivity index (χ1v) is 10.2. The molecule has 1 aromatic carbocycles. The highest BCUT2D eigenvalue weighted by atomic mass is 19.1. The van der Waals surface area contributed by atoms with Crippen molar-refractivity contribution in [1.82, 2.24) is 15.5 Å². The number of imide groups is 1. The quantitative estimate of drug-likeness (QED) is 0.616. The molecule has 156 valence electrons. The second-order valence-electron chi connectivity index (χ2n) is 8.49. The van der Waals surface area contributed by atoms with E-state index in [2.05, 4.69) is 10.6 Å². The van der Waals surface area contributed by atoms with Gasteiger partial charge in [-0.15, -0.1) is 0 Å². The van der Waals surface area contributed by atoms with Gasteiger partial charge in [0, 0.05) is 31.6 Å². The van der Waals surface area contributed by atoms with Gasteiger partial charge in [-0.25, -0.2) is 4.39 Å². The van der Waals surface area contributed by atoms with Crippen LogP contribution in [-0.2, 0) is 22.7 Å². The Morgan fingerprint density at radius 2 is 2.10 bits per heavy atom. The number of carbonyl (C=O) groups excluding carboxylic acids is 3. The number of hydrogen-bond acceptors (Lipinski definition) is 5. The first-order valence-electron chi connectivity index (χ1n) is 10.2. The van der Waals surface area contributed by atoms with E-state index >= 15 is 0 Å². The van der Waals surface area contributed by atoms with Crippen molar-refractivity contribution in [3.05, 3.63) is 34.9 Å². The van der Waals surface area contributed by atoms with Crippen LogP contribution in [0.2, 0.25) is 0 Å². The third kappa shape index (κ3) is 4.04.